The van der Waals surface area contributed by atoms with E-state index in [9.17, 15) is 14.4 Å². The minimum atomic E-state index is -0.769. The van der Waals surface area contributed by atoms with Crippen LogP contribution in [0.25, 0.3) is 0 Å². The van der Waals surface area contributed by atoms with Gasteiger partial charge in [-0.05, 0) is 70.6 Å². The summed E-state index contributed by atoms with van der Waals surface area (Å²) in [5.41, 5.74) is 0. The van der Waals surface area contributed by atoms with Crippen molar-refractivity contribution in [2.75, 3.05) is 13.2 Å². The maximum absolute atomic E-state index is 12.9. The number of allylic oxidation sites excluding steroid dienone is 4. The summed E-state index contributed by atoms with van der Waals surface area (Å²) in [6, 6.07) is 0. The van der Waals surface area contributed by atoms with Gasteiger partial charge >= 0.3 is 17.9 Å². The van der Waals surface area contributed by atoms with Gasteiger partial charge in [0.2, 0.25) is 0 Å². The Bertz CT molecular complexity index is 1100. The molecular weight excluding hydrogens is 841 g/mol. The van der Waals surface area contributed by atoms with Gasteiger partial charge in [0.25, 0.3) is 0 Å². The summed E-state index contributed by atoms with van der Waals surface area (Å²) < 4.78 is 16.9. The minimum Gasteiger partial charge on any atom is -0.462 e. The topological polar surface area (TPSA) is 78.9 Å². The molecule has 1 unspecified atom stereocenters. The summed E-state index contributed by atoms with van der Waals surface area (Å²) in [6.07, 6.45) is 67.4. The van der Waals surface area contributed by atoms with E-state index >= 15 is 0 Å². The molecule has 400 valence electrons. The van der Waals surface area contributed by atoms with Gasteiger partial charge in [-0.3, -0.25) is 14.4 Å². The molecule has 0 saturated heterocycles. The van der Waals surface area contributed by atoms with Crippen molar-refractivity contribution >= 4 is 17.9 Å². The lowest BCUT2D eigenvalue weighted by Crippen LogP contribution is -2.30. The van der Waals surface area contributed by atoms with Crippen molar-refractivity contribution in [3.63, 3.8) is 0 Å². The van der Waals surface area contributed by atoms with Gasteiger partial charge in [-0.15, -0.1) is 0 Å². The average molecular weight is 958 g/mol. The number of carbonyl (C=O) groups is 3. The van der Waals surface area contributed by atoms with E-state index in [0.29, 0.717) is 19.3 Å². The maximum atomic E-state index is 12.9. The van der Waals surface area contributed by atoms with Crippen LogP contribution in [0.3, 0.4) is 0 Å². The predicted octanol–water partition coefficient (Wildman–Crippen LogP) is 20.3. The average Bonchev–Trinajstić information content (AvgIpc) is 3.34. The van der Waals surface area contributed by atoms with E-state index in [1.54, 1.807) is 0 Å². The third kappa shape index (κ3) is 54.8. The van der Waals surface area contributed by atoms with E-state index < -0.39 is 6.10 Å². The summed E-state index contributed by atoms with van der Waals surface area (Å²) in [6.45, 7) is 6.68. The van der Waals surface area contributed by atoms with Crippen LogP contribution in [0.5, 0.6) is 0 Å². The van der Waals surface area contributed by atoms with Gasteiger partial charge in [0.15, 0.2) is 6.10 Å². The molecule has 0 aromatic rings. The molecule has 1 atom stereocenters. The largest absolute Gasteiger partial charge is 0.462 e. The van der Waals surface area contributed by atoms with E-state index in [1.165, 1.54) is 238 Å². The Morgan fingerprint density at radius 2 is 0.485 bits per heavy atom. The van der Waals surface area contributed by atoms with E-state index in [1.807, 2.05) is 0 Å². The molecule has 0 bridgehead atoms. The molecule has 0 aliphatic carbocycles. The fourth-order valence-electron chi connectivity index (χ4n) is 9.08. The number of hydrogen-bond acceptors (Lipinski definition) is 6. The fourth-order valence-corrected chi connectivity index (χ4v) is 9.08. The first kappa shape index (κ1) is 65.9. The summed E-state index contributed by atoms with van der Waals surface area (Å²) in [5, 5.41) is 0. The lowest BCUT2D eigenvalue weighted by atomic mass is 10.0. The van der Waals surface area contributed by atoms with E-state index in [0.717, 1.165) is 57.8 Å². The van der Waals surface area contributed by atoms with Crippen molar-refractivity contribution in [2.45, 2.75) is 341 Å². The molecule has 0 aromatic carbocycles. The van der Waals surface area contributed by atoms with Gasteiger partial charge in [0, 0.05) is 19.3 Å². The molecule has 0 rings (SSSR count). The van der Waals surface area contributed by atoms with Gasteiger partial charge in [-0.1, -0.05) is 270 Å². The molecule has 6 heteroatoms. The van der Waals surface area contributed by atoms with Crippen LogP contribution in [-0.2, 0) is 28.6 Å². The second-order valence-electron chi connectivity index (χ2n) is 20.6. The van der Waals surface area contributed by atoms with Crippen LogP contribution in [0.1, 0.15) is 335 Å². The number of rotatable bonds is 56. The lowest BCUT2D eigenvalue weighted by molar-refractivity contribution is -0.167. The third-order valence-corrected chi connectivity index (χ3v) is 13.7. The number of esters is 3. The Kier molecular flexibility index (Phi) is 55.7. The van der Waals surface area contributed by atoms with E-state index in [2.05, 4.69) is 45.1 Å². The number of hydrogen-bond donors (Lipinski definition) is 0. The molecule has 0 spiro atoms. The van der Waals surface area contributed by atoms with Crippen LogP contribution in [-0.4, -0.2) is 37.2 Å². The standard InChI is InChI=1S/C62H116O6/c1-4-7-10-13-16-19-22-25-27-29-31-33-35-37-40-43-46-49-52-55-61(64)67-58-59(57-66-60(63)54-51-48-45-42-39-24-21-18-15-12-9-6-3)68-62(65)56-53-50-47-44-41-38-36-34-32-30-28-26-23-20-17-14-11-8-5-2/h25-28,59H,4-24,29-58H2,1-3H3/b27-25-,28-26-. The predicted molar refractivity (Wildman–Crippen MR) is 293 cm³/mol. The van der Waals surface area contributed by atoms with Crippen LogP contribution in [0.2, 0.25) is 0 Å². The SMILES string of the molecule is CCCCCCCC/C=C\CCCCCCCCCCCC(=O)OCC(COC(=O)CCCCCCCCCCCCCC)OC(=O)CCCCCCCCCCC/C=C\CCCCCCCC. The van der Waals surface area contributed by atoms with Crippen molar-refractivity contribution < 1.29 is 28.6 Å². The van der Waals surface area contributed by atoms with Crippen LogP contribution in [0, 0.1) is 0 Å². The Balaban J connectivity index is 4.29. The zero-order valence-corrected chi connectivity index (χ0v) is 45.9. The Morgan fingerprint density at radius 3 is 0.735 bits per heavy atom. The summed E-state index contributed by atoms with van der Waals surface area (Å²) in [4.78, 5) is 38.2. The molecule has 0 saturated carbocycles. The number of unbranched alkanes of at least 4 members (excludes halogenated alkanes) is 41. The molecule has 0 amide bonds. The highest BCUT2D eigenvalue weighted by Crippen LogP contribution is 2.17. The highest BCUT2D eigenvalue weighted by atomic mass is 16.6. The van der Waals surface area contributed by atoms with Gasteiger partial charge in [0.05, 0.1) is 0 Å². The molecule has 0 aliphatic heterocycles. The van der Waals surface area contributed by atoms with E-state index in [-0.39, 0.29) is 31.1 Å². The summed E-state index contributed by atoms with van der Waals surface area (Å²) in [7, 11) is 0. The molecule has 0 aromatic heterocycles. The first-order chi connectivity index (χ1) is 33.5. The Morgan fingerprint density at radius 1 is 0.279 bits per heavy atom. The molecule has 0 heterocycles. The third-order valence-electron chi connectivity index (χ3n) is 13.7. The highest BCUT2D eigenvalue weighted by molar-refractivity contribution is 5.71. The minimum absolute atomic E-state index is 0.0679. The van der Waals surface area contributed by atoms with Crippen molar-refractivity contribution in [3.8, 4) is 0 Å². The maximum Gasteiger partial charge on any atom is 0.306 e. The molecule has 68 heavy (non-hydrogen) atoms. The van der Waals surface area contributed by atoms with Crippen LogP contribution in [0.4, 0.5) is 0 Å². The van der Waals surface area contributed by atoms with Crippen molar-refractivity contribution in [1.29, 1.82) is 0 Å². The fraction of sp³-hybridized carbons (Fsp3) is 0.887. The van der Waals surface area contributed by atoms with Crippen LogP contribution >= 0.6 is 0 Å². The monoisotopic (exact) mass is 957 g/mol. The highest BCUT2D eigenvalue weighted by Gasteiger charge is 2.19. The molecule has 0 fully saturated rings. The number of carbonyl (C=O) groups excluding carboxylic acids is 3. The van der Waals surface area contributed by atoms with Crippen LogP contribution < -0.4 is 0 Å². The summed E-state index contributed by atoms with van der Waals surface area (Å²) >= 11 is 0. The second kappa shape index (κ2) is 57.5. The van der Waals surface area contributed by atoms with Gasteiger partial charge in [-0.2, -0.15) is 0 Å². The smallest absolute Gasteiger partial charge is 0.306 e. The normalized spacial score (nSPS) is 12.1. The zero-order valence-electron chi connectivity index (χ0n) is 45.9. The molecule has 6 nitrogen and oxygen atoms in total. The van der Waals surface area contributed by atoms with Gasteiger partial charge in [-0.25, -0.2) is 0 Å². The summed E-state index contributed by atoms with van der Waals surface area (Å²) in [5.74, 6) is -0.850. The Hall–Kier alpha value is -2.11. The number of ether oxygens (including phenoxy) is 3. The van der Waals surface area contributed by atoms with E-state index in [4.69, 9.17) is 14.2 Å². The van der Waals surface area contributed by atoms with Gasteiger partial charge in [0.1, 0.15) is 13.2 Å². The molecular formula is C62H116O6. The van der Waals surface area contributed by atoms with Crippen molar-refractivity contribution in [2.24, 2.45) is 0 Å². The first-order valence-corrected chi connectivity index (χ1v) is 30.3. The first-order valence-electron chi connectivity index (χ1n) is 30.3. The second-order valence-corrected chi connectivity index (χ2v) is 20.6. The molecule has 0 N–H and O–H groups in total. The van der Waals surface area contributed by atoms with Crippen molar-refractivity contribution in [1.82, 2.24) is 0 Å². The molecule has 0 radical (unpaired) electrons. The molecule has 0 aliphatic rings. The van der Waals surface area contributed by atoms with Crippen molar-refractivity contribution in [3.05, 3.63) is 24.3 Å². The van der Waals surface area contributed by atoms with Gasteiger partial charge < -0.3 is 14.2 Å². The zero-order chi connectivity index (χ0) is 49.3. The lowest BCUT2D eigenvalue weighted by Gasteiger charge is -2.18. The Labute approximate surface area is 423 Å². The van der Waals surface area contributed by atoms with Crippen LogP contribution in [0.15, 0.2) is 24.3 Å². The quantitative estimate of drug-likeness (QED) is 0.0262.